The predicted molar refractivity (Wildman–Crippen MR) is 107 cm³/mol. The highest BCUT2D eigenvalue weighted by Crippen LogP contribution is 2.31. The van der Waals surface area contributed by atoms with Gasteiger partial charge in [0.25, 0.3) is 0 Å². The molecule has 1 saturated heterocycles. The number of aromatic hydroxyl groups is 1. The van der Waals surface area contributed by atoms with Crippen molar-refractivity contribution in [2.45, 2.75) is 31.9 Å². The van der Waals surface area contributed by atoms with E-state index in [4.69, 9.17) is 4.74 Å². The highest BCUT2D eigenvalue weighted by atomic mass is 16.5. The van der Waals surface area contributed by atoms with Gasteiger partial charge in [-0.2, -0.15) is 0 Å². The summed E-state index contributed by atoms with van der Waals surface area (Å²) in [4.78, 5) is 18.0. The van der Waals surface area contributed by atoms with Crippen molar-refractivity contribution in [1.82, 2.24) is 14.3 Å². The number of fused-ring (bicyclic) bond motifs is 1. The second-order valence-electron chi connectivity index (χ2n) is 7.18. The van der Waals surface area contributed by atoms with Gasteiger partial charge in [-0.1, -0.05) is 18.7 Å². The fourth-order valence-electron chi connectivity index (χ4n) is 3.77. The number of piperidine rings is 1. The summed E-state index contributed by atoms with van der Waals surface area (Å²) in [5.41, 5.74) is 2.87. The quantitative estimate of drug-likeness (QED) is 0.705. The highest BCUT2D eigenvalue weighted by Gasteiger charge is 2.29. The maximum Gasteiger partial charge on any atom is 0.246 e. The summed E-state index contributed by atoms with van der Waals surface area (Å²) in [6.07, 6.45) is 8.47. The van der Waals surface area contributed by atoms with Crippen LogP contribution in [-0.4, -0.2) is 44.0 Å². The van der Waals surface area contributed by atoms with Crippen molar-refractivity contribution < 1.29 is 14.6 Å². The van der Waals surface area contributed by atoms with Crippen LogP contribution in [-0.2, 0) is 4.79 Å². The van der Waals surface area contributed by atoms with Crippen LogP contribution in [0.3, 0.4) is 0 Å². The topological polar surface area (TPSA) is 67.1 Å². The number of rotatable bonds is 4. The monoisotopic (exact) mass is 377 g/mol. The van der Waals surface area contributed by atoms with Gasteiger partial charge >= 0.3 is 0 Å². The number of nitrogens with zero attached hydrogens (tertiary/aromatic N) is 3. The Morgan fingerprint density at radius 3 is 2.82 bits per heavy atom. The first kappa shape index (κ1) is 18.1. The van der Waals surface area contributed by atoms with Crippen LogP contribution in [0.15, 0.2) is 61.7 Å². The molecule has 1 N–H and O–H groups in total. The second-order valence-corrected chi connectivity index (χ2v) is 7.18. The molecular formula is C22H23N3O3. The van der Waals surface area contributed by atoms with Gasteiger partial charge in [0.1, 0.15) is 23.1 Å². The Balaban J connectivity index is 1.60. The highest BCUT2D eigenvalue weighted by molar-refractivity contribution is 5.87. The maximum atomic E-state index is 11.9. The molecule has 1 fully saturated rings. The van der Waals surface area contributed by atoms with Gasteiger partial charge in [0.15, 0.2) is 0 Å². The zero-order chi connectivity index (χ0) is 19.7. The number of amides is 1. The number of carbonyl (C=O) groups is 1. The molecule has 3 aromatic rings. The normalized spacial score (nSPS) is 19.5. The van der Waals surface area contributed by atoms with E-state index in [-0.39, 0.29) is 23.8 Å². The first-order valence-corrected chi connectivity index (χ1v) is 9.40. The van der Waals surface area contributed by atoms with Crippen molar-refractivity contribution in [2.75, 3.05) is 6.54 Å². The fraction of sp³-hybridized carbons (Fsp3) is 0.273. The number of ether oxygens (including phenoxy) is 1. The molecule has 0 aliphatic carbocycles. The minimum atomic E-state index is -0.0292. The molecule has 6 nitrogen and oxygen atoms in total. The van der Waals surface area contributed by atoms with Crippen LogP contribution in [0.25, 0.3) is 16.6 Å². The number of phenolic OH excluding ortho intramolecular Hbond substituents is 1. The van der Waals surface area contributed by atoms with E-state index in [0.29, 0.717) is 6.54 Å². The van der Waals surface area contributed by atoms with E-state index in [1.165, 1.54) is 6.08 Å². The average Bonchev–Trinajstić information content (AvgIpc) is 3.17. The maximum absolute atomic E-state index is 11.9. The van der Waals surface area contributed by atoms with Gasteiger partial charge in [-0.05, 0) is 36.8 Å². The van der Waals surface area contributed by atoms with Crippen molar-refractivity contribution in [3.8, 4) is 22.6 Å². The van der Waals surface area contributed by atoms with Crippen LogP contribution in [0.4, 0.5) is 0 Å². The van der Waals surface area contributed by atoms with Crippen LogP contribution in [0.2, 0.25) is 0 Å². The molecule has 28 heavy (non-hydrogen) atoms. The van der Waals surface area contributed by atoms with Gasteiger partial charge in [0.05, 0.1) is 12.5 Å². The van der Waals surface area contributed by atoms with E-state index in [0.717, 1.165) is 35.2 Å². The van der Waals surface area contributed by atoms with Crippen LogP contribution >= 0.6 is 0 Å². The summed E-state index contributed by atoms with van der Waals surface area (Å²) in [5, 5.41) is 9.54. The number of likely N-dealkylation sites (tertiary alicyclic amines) is 1. The molecule has 0 radical (unpaired) electrons. The lowest BCUT2D eigenvalue weighted by atomic mass is 10.00. The largest absolute Gasteiger partial charge is 0.508 e. The van der Waals surface area contributed by atoms with E-state index in [2.05, 4.69) is 11.6 Å². The summed E-state index contributed by atoms with van der Waals surface area (Å²) in [7, 11) is 0. The molecule has 1 amide bonds. The molecule has 1 aliphatic rings. The lowest BCUT2D eigenvalue weighted by Gasteiger charge is -2.37. The van der Waals surface area contributed by atoms with Gasteiger partial charge < -0.3 is 19.1 Å². The summed E-state index contributed by atoms with van der Waals surface area (Å²) in [6, 6.07) is 9.20. The van der Waals surface area contributed by atoms with Crippen LogP contribution < -0.4 is 4.74 Å². The molecule has 1 aliphatic heterocycles. The molecule has 0 bridgehead atoms. The molecule has 0 spiro atoms. The standard InChI is InChI=1S/C22H23N3O3/c1-3-22(27)25-9-8-19(10-15(25)2)28-21-11-17(13-24-14-23-12-20(21)24)16-4-6-18(26)7-5-16/h3-7,11-15,19,26H,1,8-10H2,2H3/t15-,19+/m0/s1. The van der Waals surface area contributed by atoms with E-state index >= 15 is 0 Å². The molecule has 144 valence electrons. The Bertz CT molecular complexity index is 1010. The zero-order valence-electron chi connectivity index (χ0n) is 15.8. The second kappa shape index (κ2) is 7.38. The third-order valence-corrected chi connectivity index (χ3v) is 5.26. The van der Waals surface area contributed by atoms with E-state index in [1.54, 1.807) is 24.7 Å². The summed E-state index contributed by atoms with van der Waals surface area (Å²) in [5.74, 6) is 0.973. The van der Waals surface area contributed by atoms with Crippen LogP contribution in [0.1, 0.15) is 19.8 Å². The lowest BCUT2D eigenvalue weighted by Crippen LogP contribution is -2.46. The van der Waals surface area contributed by atoms with Crippen molar-refractivity contribution in [1.29, 1.82) is 0 Å². The molecule has 2 atom stereocenters. The summed E-state index contributed by atoms with van der Waals surface area (Å²) in [6.45, 7) is 6.28. The molecule has 2 aromatic heterocycles. The van der Waals surface area contributed by atoms with Crippen molar-refractivity contribution in [2.24, 2.45) is 0 Å². The lowest BCUT2D eigenvalue weighted by molar-refractivity contribution is -0.130. The Kier molecular flexibility index (Phi) is 4.77. The number of aromatic nitrogens is 2. The van der Waals surface area contributed by atoms with E-state index < -0.39 is 0 Å². The summed E-state index contributed by atoms with van der Waals surface area (Å²) < 4.78 is 8.31. The van der Waals surface area contributed by atoms with E-state index in [1.807, 2.05) is 40.6 Å². The van der Waals surface area contributed by atoms with Crippen molar-refractivity contribution in [3.05, 3.63) is 61.7 Å². The number of carbonyl (C=O) groups excluding carboxylic acids is 1. The number of hydrogen-bond acceptors (Lipinski definition) is 4. The first-order chi connectivity index (χ1) is 13.5. The smallest absolute Gasteiger partial charge is 0.246 e. The molecule has 1 aromatic carbocycles. The molecule has 0 unspecified atom stereocenters. The third kappa shape index (κ3) is 3.45. The number of imidazole rings is 1. The Hall–Kier alpha value is -3.28. The SMILES string of the molecule is C=CC(=O)N1CC[C@@H](Oc2cc(-c3ccc(O)cc3)cn3cncc23)C[C@@H]1C. The van der Waals surface area contributed by atoms with Gasteiger partial charge in [-0.3, -0.25) is 4.79 Å². The molecule has 6 heteroatoms. The molecule has 4 rings (SSSR count). The molecule has 0 saturated carbocycles. The molecule has 3 heterocycles. The van der Waals surface area contributed by atoms with Crippen molar-refractivity contribution in [3.63, 3.8) is 0 Å². The van der Waals surface area contributed by atoms with Gasteiger partial charge in [0, 0.05) is 37.2 Å². The van der Waals surface area contributed by atoms with Crippen molar-refractivity contribution >= 4 is 11.4 Å². The fourth-order valence-corrected chi connectivity index (χ4v) is 3.77. The third-order valence-electron chi connectivity index (χ3n) is 5.26. The van der Waals surface area contributed by atoms with Gasteiger partial charge in [-0.25, -0.2) is 4.98 Å². The zero-order valence-corrected chi connectivity index (χ0v) is 15.8. The first-order valence-electron chi connectivity index (χ1n) is 9.40. The number of hydrogen-bond donors (Lipinski definition) is 1. The minimum Gasteiger partial charge on any atom is -0.508 e. The predicted octanol–water partition coefficient (Wildman–Crippen LogP) is 3.65. The number of phenols is 1. The van der Waals surface area contributed by atoms with Gasteiger partial charge in [0.2, 0.25) is 5.91 Å². The Morgan fingerprint density at radius 1 is 1.32 bits per heavy atom. The number of benzene rings is 1. The Labute approximate surface area is 163 Å². The van der Waals surface area contributed by atoms with Gasteiger partial charge in [-0.15, -0.1) is 0 Å². The van der Waals surface area contributed by atoms with Crippen LogP contribution in [0.5, 0.6) is 11.5 Å². The van der Waals surface area contributed by atoms with Crippen LogP contribution in [0, 0.1) is 0 Å². The minimum absolute atomic E-state index is 0.0256. The average molecular weight is 377 g/mol. The molecular weight excluding hydrogens is 354 g/mol. The van der Waals surface area contributed by atoms with E-state index in [9.17, 15) is 9.90 Å². The summed E-state index contributed by atoms with van der Waals surface area (Å²) >= 11 is 0. The number of pyridine rings is 1. The Morgan fingerprint density at radius 2 is 2.11 bits per heavy atom.